The Kier molecular flexibility index (Phi) is 6.82. The zero-order valence-electron chi connectivity index (χ0n) is 17.5. The van der Waals surface area contributed by atoms with E-state index in [-0.39, 0.29) is 34.9 Å². The number of nitrogens with one attached hydrogen (secondary N) is 1. The van der Waals surface area contributed by atoms with Gasteiger partial charge in [-0.05, 0) is 12.5 Å². The van der Waals surface area contributed by atoms with Gasteiger partial charge in [0.1, 0.15) is 18.1 Å². The minimum Gasteiger partial charge on any atom is -0.454 e. The molecule has 1 N–H and O–H groups in total. The van der Waals surface area contributed by atoms with E-state index in [0.717, 1.165) is 12.3 Å². The smallest absolute Gasteiger partial charge is 0.312 e. The van der Waals surface area contributed by atoms with E-state index in [0.29, 0.717) is 5.56 Å². The van der Waals surface area contributed by atoms with Crippen LogP contribution in [0.15, 0.2) is 36.4 Å². The lowest BCUT2D eigenvalue weighted by atomic mass is 10.1. The molecule has 0 radical (unpaired) electrons. The van der Waals surface area contributed by atoms with Crippen molar-refractivity contribution in [3.05, 3.63) is 59.2 Å². The molecule has 12 heteroatoms. The summed E-state index contributed by atoms with van der Waals surface area (Å²) < 4.78 is 59.8. The normalized spacial score (nSPS) is 12.4. The third kappa shape index (κ3) is 5.44. The van der Waals surface area contributed by atoms with E-state index in [4.69, 9.17) is 4.74 Å². The Morgan fingerprint density at radius 2 is 1.94 bits per heavy atom. The molecule has 0 aliphatic heterocycles. The molecule has 170 valence electrons. The molecule has 2 heterocycles. The third-order valence-corrected chi connectivity index (χ3v) is 5.12. The van der Waals surface area contributed by atoms with Gasteiger partial charge in [0.15, 0.2) is 11.9 Å². The number of benzene rings is 1. The standard InChI is InChI=1S/C20H21F2N5O4S/c1-12-15(25-32(3,29)30)9-14(22)19(23-12)20-16(27(2)26-24-20)10-18(28)31-17(11-21)13-7-5-4-6-8-13/h4-9,17,25H,10-11H2,1-3H3/t17-/m1/s1. The summed E-state index contributed by atoms with van der Waals surface area (Å²) in [5.74, 6) is -1.61. The van der Waals surface area contributed by atoms with Crippen LogP contribution >= 0.6 is 0 Å². The van der Waals surface area contributed by atoms with Crippen molar-refractivity contribution in [2.75, 3.05) is 17.7 Å². The van der Waals surface area contributed by atoms with Crippen molar-refractivity contribution < 1.29 is 26.7 Å². The molecule has 0 aliphatic carbocycles. The van der Waals surface area contributed by atoms with E-state index in [1.807, 2.05) is 0 Å². The van der Waals surface area contributed by atoms with Crippen molar-refractivity contribution >= 4 is 21.7 Å². The summed E-state index contributed by atoms with van der Waals surface area (Å²) in [6.45, 7) is 0.586. The Bertz CT molecular complexity index is 1230. The average Bonchev–Trinajstić information content (AvgIpc) is 3.08. The fourth-order valence-electron chi connectivity index (χ4n) is 3.00. The van der Waals surface area contributed by atoms with E-state index in [1.54, 1.807) is 30.3 Å². The van der Waals surface area contributed by atoms with Crippen LogP contribution in [-0.4, -0.2) is 47.3 Å². The lowest BCUT2D eigenvalue weighted by molar-refractivity contribution is -0.149. The zero-order chi connectivity index (χ0) is 23.5. The van der Waals surface area contributed by atoms with Crippen LogP contribution in [0, 0.1) is 12.7 Å². The maximum atomic E-state index is 14.8. The van der Waals surface area contributed by atoms with Gasteiger partial charge < -0.3 is 4.74 Å². The number of nitrogens with zero attached hydrogens (tertiary/aromatic N) is 4. The van der Waals surface area contributed by atoms with Crippen molar-refractivity contribution in [1.29, 1.82) is 0 Å². The number of ether oxygens (including phenoxy) is 1. The first-order valence-electron chi connectivity index (χ1n) is 9.43. The van der Waals surface area contributed by atoms with Crippen LogP contribution in [0.1, 0.15) is 23.1 Å². The number of hydrogen-bond donors (Lipinski definition) is 1. The van der Waals surface area contributed by atoms with E-state index >= 15 is 0 Å². The van der Waals surface area contributed by atoms with Crippen LogP contribution in [0.2, 0.25) is 0 Å². The third-order valence-electron chi connectivity index (χ3n) is 4.53. The molecule has 3 rings (SSSR count). The molecule has 0 aliphatic rings. The lowest BCUT2D eigenvalue weighted by Crippen LogP contribution is -2.17. The van der Waals surface area contributed by atoms with Gasteiger partial charge in [0, 0.05) is 13.1 Å². The summed E-state index contributed by atoms with van der Waals surface area (Å²) in [7, 11) is -2.12. The Balaban J connectivity index is 1.87. The lowest BCUT2D eigenvalue weighted by Gasteiger charge is -2.15. The maximum Gasteiger partial charge on any atom is 0.312 e. The van der Waals surface area contributed by atoms with Gasteiger partial charge in [0.2, 0.25) is 10.0 Å². The predicted molar refractivity (Wildman–Crippen MR) is 112 cm³/mol. The Hall–Kier alpha value is -3.41. The topological polar surface area (TPSA) is 116 Å². The fourth-order valence-corrected chi connectivity index (χ4v) is 3.61. The number of aryl methyl sites for hydroxylation is 2. The largest absolute Gasteiger partial charge is 0.454 e. The van der Waals surface area contributed by atoms with Gasteiger partial charge in [-0.1, -0.05) is 35.5 Å². The Labute approximate surface area is 183 Å². The van der Waals surface area contributed by atoms with Gasteiger partial charge in [0.05, 0.1) is 29.8 Å². The second-order valence-electron chi connectivity index (χ2n) is 7.05. The molecule has 9 nitrogen and oxygen atoms in total. The highest BCUT2D eigenvalue weighted by molar-refractivity contribution is 7.92. The number of pyridine rings is 1. The van der Waals surface area contributed by atoms with Crippen molar-refractivity contribution in [3.63, 3.8) is 0 Å². The van der Waals surface area contributed by atoms with Crippen LogP contribution < -0.4 is 4.72 Å². The molecule has 0 saturated carbocycles. The summed E-state index contributed by atoms with van der Waals surface area (Å²) in [6, 6.07) is 9.42. The molecule has 1 atom stereocenters. The van der Waals surface area contributed by atoms with Crippen molar-refractivity contribution in [3.8, 4) is 11.4 Å². The van der Waals surface area contributed by atoms with E-state index in [1.165, 1.54) is 18.7 Å². The molecule has 0 spiro atoms. The molecule has 0 saturated heterocycles. The molecular weight excluding hydrogens is 444 g/mol. The van der Waals surface area contributed by atoms with Gasteiger partial charge in [-0.15, -0.1) is 5.10 Å². The number of aromatic nitrogens is 4. The Morgan fingerprint density at radius 1 is 1.25 bits per heavy atom. The van der Waals surface area contributed by atoms with E-state index < -0.39 is 34.6 Å². The molecule has 2 aromatic heterocycles. The van der Waals surface area contributed by atoms with Crippen LogP contribution in [0.25, 0.3) is 11.4 Å². The van der Waals surface area contributed by atoms with Gasteiger partial charge in [-0.3, -0.25) is 14.2 Å². The first-order chi connectivity index (χ1) is 15.1. The highest BCUT2D eigenvalue weighted by atomic mass is 32.2. The van der Waals surface area contributed by atoms with Crippen LogP contribution in [-0.2, 0) is 33.0 Å². The molecular formula is C20H21F2N5O4S. The number of carbonyl (C=O) groups excluding carboxylic acids is 1. The van der Waals surface area contributed by atoms with Crippen LogP contribution in [0.5, 0.6) is 0 Å². The minimum absolute atomic E-state index is 0.00698. The van der Waals surface area contributed by atoms with Crippen molar-refractivity contribution in [2.45, 2.75) is 19.4 Å². The van der Waals surface area contributed by atoms with Gasteiger partial charge >= 0.3 is 5.97 Å². The molecule has 0 bridgehead atoms. The summed E-state index contributed by atoms with van der Waals surface area (Å²) in [4.78, 5) is 16.6. The summed E-state index contributed by atoms with van der Waals surface area (Å²) in [6.07, 6.45) is -0.497. The zero-order valence-corrected chi connectivity index (χ0v) is 18.4. The molecule has 0 fully saturated rings. The number of alkyl halides is 1. The molecule has 3 aromatic rings. The number of sulfonamides is 1. The number of rotatable bonds is 8. The second-order valence-corrected chi connectivity index (χ2v) is 8.80. The highest BCUT2D eigenvalue weighted by Crippen LogP contribution is 2.27. The van der Waals surface area contributed by atoms with Crippen LogP contribution in [0.3, 0.4) is 0 Å². The average molecular weight is 465 g/mol. The molecule has 32 heavy (non-hydrogen) atoms. The molecule has 0 unspecified atom stereocenters. The first-order valence-corrected chi connectivity index (χ1v) is 11.3. The van der Waals surface area contributed by atoms with E-state index in [9.17, 15) is 22.0 Å². The van der Waals surface area contributed by atoms with Gasteiger partial charge in [0.25, 0.3) is 0 Å². The summed E-state index contributed by atoms with van der Waals surface area (Å²) in [5, 5.41) is 7.72. The minimum atomic E-state index is -3.63. The number of anilines is 1. The van der Waals surface area contributed by atoms with Crippen molar-refractivity contribution in [1.82, 2.24) is 20.0 Å². The number of esters is 1. The van der Waals surface area contributed by atoms with E-state index in [2.05, 4.69) is 20.0 Å². The summed E-state index contributed by atoms with van der Waals surface area (Å²) in [5.41, 5.74) is 0.675. The fraction of sp³-hybridized carbons (Fsp3) is 0.300. The Morgan fingerprint density at radius 3 is 2.56 bits per heavy atom. The second kappa shape index (κ2) is 9.39. The van der Waals surface area contributed by atoms with Crippen LogP contribution in [0.4, 0.5) is 14.5 Å². The predicted octanol–water partition coefficient (Wildman–Crippen LogP) is 2.49. The highest BCUT2D eigenvalue weighted by Gasteiger charge is 2.24. The maximum absolute atomic E-state index is 14.8. The SMILES string of the molecule is Cc1nc(-c2nnn(C)c2CC(=O)O[C@H](CF)c2ccccc2)c(F)cc1NS(C)(=O)=O. The number of halogens is 2. The van der Waals surface area contributed by atoms with Gasteiger partial charge in [-0.2, -0.15) is 0 Å². The number of carbonyl (C=O) groups is 1. The van der Waals surface area contributed by atoms with Crippen molar-refractivity contribution in [2.24, 2.45) is 7.05 Å². The molecule has 0 amide bonds. The molecule has 1 aromatic carbocycles. The monoisotopic (exact) mass is 465 g/mol. The first kappa shape index (κ1) is 23.3. The number of hydrogen-bond acceptors (Lipinski definition) is 7. The summed E-state index contributed by atoms with van der Waals surface area (Å²) >= 11 is 0. The quantitative estimate of drug-likeness (QED) is 0.508. The van der Waals surface area contributed by atoms with Gasteiger partial charge in [-0.25, -0.2) is 22.2 Å².